The van der Waals surface area contributed by atoms with E-state index in [0.717, 1.165) is 18.9 Å². The van der Waals surface area contributed by atoms with Crippen LogP contribution >= 0.6 is 0 Å². The van der Waals surface area contributed by atoms with Gasteiger partial charge in [0.2, 0.25) is 0 Å². The molecule has 19 heavy (non-hydrogen) atoms. The summed E-state index contributed by atoms with van der Waals surface area (Å²) in [6, 6.07) is 0.675. The van der Waals surface area contributed by atoms with Gasteiger partial charge in [-0.15, -0.1) is 0 Å². The molecule has 2 aliphatic rings. The van der Waals surface area contributed by atoms with Gasteiger partial charge in [0.25, 0.3) is 0 Å². The Labute approximate surface area is 116 Å². The maximum Gasteiger partial charge on any atom is 0.138 e. The molecule has 2 fully saturated rings. The van der Waals surface area contributed by atoms with Crippen LogP contribution in [0.1, 0.15) is 50.8 Å². The van der Waals surface area contributed by atoms with E-state index in [1.807, 2.05) is 0 Å². The molecule has 1 aromatic heterocycles. The molecular weight excluding hydrogens is 236 g/mol. The molecule has 4 nitrogen and oxygen atoms in total. The summed E-state index contributed by atoms with van der Waals surface area (Å²) in [5.41, 5.74) is 0. The number of hydrogen-bond acceptors (Lipinski definition) is 3. The normalized spacial score (nSPS) is 26.1. The van der Waals surface area contributed by atoms with Crippen LogP contribution < -0.4 is 0 Å². The average molecular weight is 262 g/mol. The highest BCUT2D eigenvalue weighted by atomic mass is 15.3. The van der Waals surface area contributed by atoms with Crippen LogP contribution in [0.2, 0.25) is 0 Å². The Balaban J connectivity index is 1.61. The molecule has 0 aromatic carbocycles. The van der Waals surface area contributed by atoms with Crippen molar-refractivity contribution in [1.29, 1.82) is 0 Å². The van der Waals surface area contributed by atoms with Crippen molar-refractivity contribution in [3.05, 3.63) is 12.2 Å². The zero-order chi connectivity index (χ0) is 13.1. The zero-order valence-corrected chi connectivity index (χ0v) is 12.1. The highest BCUT2D eigenvalue weighted by molar-refractivity contribution is 4.93. The molecule has 1 saturated carbocycles. The van der Waals surface area contributed by atoms with Crippen LogP contribution in [0.4, 0.5) is 0 Å². The minimum atomic E-state index is 0.675. The SMILES string of the molecule is CN1CCC[C@@H]1Cc1ncnn1CC1CCCCC1. The molecule has 3 rings (SSSR count). The summed E-state index contributed by atoms with van der Waals surface area (Å²) in [5, 5.41) is 4.46. The molecule has 1 saturated heterocycles. The van der Waals surface area contributed by atoms with E-state index < -0.39 is 0 Å². The number of likely N-dealkylation sites (tertiary alicyclic amines) is 1. The maximum atomic E-state index is 4.50. The molecule has 0 spiro atoms. The minimum absolute atomic E-state index is 0.675. The van der Waals surface area contributed by atoms with Crippen LogP contribution in [0.5, 0.6) is 0 Å². The fourth-order valence-electron chi connectivity index (χ4n) is 3.66. The third-order valence-electron chi connectivity index (χ3n) is 4.94. The summed E-state index contributed by atoms with van der Waals surface area (Å²) in [7, 11) is 2.24. The van der Waals surface area contributed by atoms with Crippen molar-refractivity contribution in [2.24, 2.45) is 5.92 Å². The highest BCUT2D eigenvalue weighted by Crippen LogP contribution is 2.25. The van der Waals surface area contributed by atoms with Gasteiger partial charge in [0.1, 0.15) is 12.2 Å². The Kier molecular flexibility index (Phi) is 4.16. The predicted molar refractivity (Wildman–Crippen MR) is 76.0 cm³/mol. The summed E-state index contributed by atoms with van der Waals surface area (Å²) >= 11 is 0. The molecule has 1 atom stereocenters. The second kappa shape index (κ2) is 6.04. The van der Waals surface area contributed by atoms with Gasteiger partial charge in [-0.2, -0.15) is 5.10 Å². The third kappa shape index (κ3) is 3.16. The van der Waals surface area contributed by atoms with E-state index in [4.69, 9.17) is 0 Å². The van der Waals surface area contributed by atoms with E-state index in [1.54, 1.807) is 6.33 Å². The van der Waals surface area contributed by atoms with Crippen LogP contribution in [0.25, 0.3) is 0 Å². The summed E-state index contributed by atoms with van der Waals surface area (Å²) in [4.78, 5) is 6.98. The smallest absolute Gasteiger partial charge is 0.138 e. The molecule has 0 amide bonds. The second-order valence-electron chi connectivity index (χ2n) is 6.34. The predicted octanol–water partition coefficient (Wildman–Crippen LogP) is 2.50. The number of likely N-dealkylation sites (N-methyl/N-ethyl adjacent to an activating group) is 1. The number of nitrogens with zero attached hydrogens (tertiary/aromatic N) is 4. The maximum absolute atomic E-state index is 4.50. The van der Waals surface area contributed by atoms with Crippen molar-refractivity contribution in [3.8, 4) is 0 Å². The molecule has 1 aliphatic carbocycles. The summed E-state index contributed by atoms with van der Waals surface area (Å²) in [5.74, 6) is 2.03. The van der Waals surface area contributed by atoms with Gasteiger partial charge in [-0.3, -0.25) is 0 Å². The standard InChI is InChI=1S/C15H26N4/c1-18-9-5-8-14(18)10-15-16-12-17-19(15)11-13-6-3-2-4-7-13/h12-14H,2-11H2,1H3/t14-/m1/s1. The van der Waals surface area contributed by atoms with E-state index in [9.17, 15) is 0 Å². The Bertz CT molecular complexity index is 395. The van der Waals surface area contributed by atoms with Gasteiger partial charge >= 0.3 is 0 Å². The Morgan fingerprint density at radius 1 is 1.16 bits per heavy atom. The van der Waals surface area contributed by atoms with Crippen molar-refractivity contribution in [2.45, 2.75) is 64.0 Å². The fraction of sp³-hybridized carbons (Fsp3) is 0.867. The lowest BCUT2D eigenvalue weighted by molar-refractivity contribution is 0.284. The van der Waals surface area contributed by atoms with Gasteiger partial charge < -0.3 is 4.90 Å². The van der Waals surface area contributed by atoms with Crippen molar-refractivity contribution in [1.82, 2.24) is 19.7 Å². The number of aromatic nitrogens is 3. The topological polar surface area (TPSA) is 34.0 Å². The van der Waals surface area contributed by atoms with Gasteiger partial charge in [0.05, 0.1) is 0 Å². The van der Waals surface area contributed by atoms with E-state index in [2.05, 4.69) is 26.7 Å². The largest absolute Gasteiger partial charge is 0.303 e. The molecule has 106 valence electrons. The number of rotatable bonds is 4. The molecule has 1 aliphatic heterocycles. The Morgan fingerprint density at radius 3 is 2.74 bits per heavy atom. The molecule has 0 unspecified atom stereocenters. The van der Waals surface area contributed by atoms with Crippen molar-refractivity contribution < 1.29 is 0 Å². The average Bonchev–Trinajstić information content (AvgIpc) is 3.02. The molecule has 1 aromatic rings. The van der Waals surface area contributed by atoms with Crippen LogP contribution in [-0.4, -0.2) is 39.3 Å². The van der Waals surface area contributed by atoms with Gasteiger partial charge in [-0.25, -0.2) is 9.67 Å². The first kappa shape index (κ1) is 13.1. The van der Waals surface area contributed by atoms with Crippen LogP contribution in [0.15, 0.2) is 6.33 Å². The lowest BCUT2D eigenvalue weighted by Crippen LogP contribution is -2.28. The molecule has 0 N–H and O–H groups in total. The zero-order valence-electron chi connectivity index (χ0n) is 12.1. The van der Waals surface area contributed by atoms with Gasteiger partial charge in [0.15, 0.2) is 0 Å². The first-order chi connectivity index (χ1) is 9.33. The third-order valence-corrected chi connectivity index (χ3v) is 4.94. The van der Waals surface area contributed by atoms with E-state index >= 15 is 0 Å². The van der Waals surface area contributed by atoms with E-state index in [0.29, 0.717) is 6.04 Å². The van der Waals surface area contributed by atoms with Crippen LogP contribution in [0, 0.1) is 5.92 Å². The molecule has 4 heteroatoms. The van der Waals surface area contributed by atoms with Crippen molar-refractivity contribution in [2.75, 3.05) is 13.6 Å². The van der Waals surface area contributed by atoms with E-state index in [1.165, 1.54) is 57.3 Å². The Hall–Kier alpha value is -0.900. The van der Waals surface area contributed by atoms with E-state index in [-0.39, 0.29) is 0 Å². The lowest BCUT2D eigenvalue weighted by atomic mass is 9.89. The molecule has 0 radical (unpaired) electrons. The summed E-state index contributed by atoms with van der Waals surface area (Å²) < 4.78 is 2.18. The summed E-state index contributed by atoms with van der Waals surface area (Å²) in [6.45, 7) is 2.33. The lowest BCUT2D eigenvalue weighted by Gasteiger charge is -2.23. The van der Waals surface area contributed by atoms with Gasteiger partial charge in [-0.05, 0) is 45.2 Å². The fourth-order valence-corrected chi connectivity index (χ4v) is 3.66. The van der Waals surface area contributed by atoms with Crippen molar-refractivity contribution >= 4 is 0 Å². The molecule has 0 bridgehead atoms. The monoisotopic (exact) mass is 262 g/mol. The van der Waals surface area contributed by atoms with Gasteiger partial charge in [0, 0.05) is 19.0 Å². The summed E-state index contributed by atoms with van der Waals surface area (Å²) in [6.07, 6.45) is 12.4. The number of hydrogen-bond donors (Lipinski definition) is 0. The first-order valence-electron chi connectivity index (χ1n) is 7.90. The second-order valence-corrected chi connectivity index (χ2v) is 6.34. The quantitative estimate of drug-likeness (QED) is 0.836. The Morgan fingerprint density at radius 2 is 2.00 bits per heavy atom. The van der Waals surface area contributed by atoms with Crippen molar-refractivity contribution in [3.63, 3.8) is 0 Å². The highest BCUT2D eigenvalue weighted by Gasteiger charge is 2.24. The minimum Gasteiger partial charge on any atom is -0.303 e. The van der Waals surface area contributed by atoms with Gasteiger partial charge in [-0.1, -0.05) is 19.3 Å². The molecular formula is C15H26N4. The van der Waals surface area contributed by atoms with Crippen LogP contribution in [-0.2, 0) is 13.0 Å². The van der Waals surface area contributed by atoms with Crippen LogP contribution in [0.3, 0.4) is 0 Å². The first-order valence-corrected chi connectivity index (χ1v) is 7.90. The molecule has 2 heterocycles.